The maximum Gasteiger partial charge on any atom is 0.259 e. The minimum Gasteiger partial charge on any atom is -0.273 e. The van der Waals surface area contributed by atoms with Gasteiger partial charge in [0, 0.05) is 5.02 Å². The van der Waals surface area contributed by atoms with Gasteiger partial charge < -0.3 is 0 Å². The molecule has 0 aromatic heterocycles. The smallest absolute Gasteiger partial charge is 0.259 e. The normalized spacial score (nSPS) is 18.3. The number of rotatable bonds is 7. The van der Waals surface area contributed by atoms with Crippen LogP contribution in [0.3, 0.4) is 0 Å². The van der Waals surface area contributed by atoms with Crippen molar-refractivity contribution >= 4 is 34.9 Å². The quantitative estimate of drug-likeness (QED) is 0.540. The third-order valence-corrected chi connectivity index (χ3v) is 4.31. The summed E-state index contributed by atoms with van der Waals surface area (Å²) in [7, 11) is 0. The third kappa shape index (κ3) is 4.41. The van der Waals surface area contributed by atoms with Gasteiger partial charge in [0.25, 0.3) is 5.91 Å². The Morgan fingerprint density at radius 1 is 1.17 bits per heavy atom. The number of benzene rings is 1. The van der Waals surface area contributed by atoms with Crippen molar-refractivity contribution in [1.29, 1.82) is 0 Å². The lowest BCUT2D eigenvalue weighted by molar-refractivity contribution is -0.132. The summed E-state index contributed by atoms with van der Waals surface area (Å²) in [6.07, 6.45) is 6.00. The van der Waals surface area contributed by atoms with Crippen molar-refractivity contribution < 1.29 is 9.59 Å². The van der Waals surface area contributed by atoms with Crippen molar-refractivity contribution in [2.24, 2.45) is 10.9 Å². The van der Waals surface area contributed by atoms with E-state index in [0.717, 1.165) is 19.3 Å². The molecule has 2 rings (SSSR count). The Hall–Kier alpha value is -1.68. The molecule has 4 nitrogen and oxygen atoms in total. The molecule has 1 unspecified atom stereocenters. The number of nitrogens with zero attached hydrogens (tertiary/aromatic N) is 2. The van der Waals surface area contributed by atoms with Crippen LogP contribution in [0.4, 0.5) is 5.69 Å². The number of aliphatic imine (C=N–C) groups is 1. The van der Waals surface area contributed by atoms with E-state index in [9.17, 15) is 9.59 Å². The topological polar surface area (TPSA) is 49.7 Å². The molecule has 1 heterocycles. The molecule has 0 radical (unpaired) electrons. The molecule has 0 N–H and O–H groups in total. The van der Waals surface area contributed by atoms with Crippen LogP contribution in [0, 0.1) is 5.92 Å². The van der Waals surface area contributed by atoms with Crippen LogP contribution < -0.4 is 4.90 Å². The highest BCUT2D eigenvalue weighted by Gasteiger charge is 2.36. The number of halogens is 1. The van der Waals surface area contributed by atoms with Gasteiger partial charge in [-0.05, 0) is 31.5 Å². The van der Waals surface area contributed by atoms with Gasteiger partial charge in [0.15, 0.2) is 0 Å². The van der Waals surface area contributed by atoms with Gasteiger partial charge in [0.2, 0.25) is 5.91 Å². The number of carbonyl (C=O) groups is 2. The summed E-state index contributed by atoms with van der Waals surface area (Å²) in [5.41, 5.74) is 0.659. The number of unbranched alkanes of at least 4 members (excludes halogenated alkanes) is 4. The van der Waals surface area contributed by atoms with E-state index in [1.807, 2.05) is 0 Å². The maximum atomic E-state index is 12.8. The van der Waals surface area contributed by atoms with E-state index < -0.39 is 5.92 Å². The average molecular weight is 335 g/mol. The molecule has 1 aromatic rings. The van der Waals surface area contributed by atoms with E-state index in [-0.39, 0.29) is 11.8 Å². The Kier molecular flexibility index (Phi) is 6.34. The number of amides is 2. The van der Waals surface area contributed by atoms with Gasteiger partial charge >= 0.3 is 0 Å². The van der Waals surface area contributed by atoms with Crippen LogP contribution in [0.15, 0.2) is 29.3 Å². The first-order chi connectivity index (χ1) is 11.0. The van der Waals surface area contributed by atoms with E-state index in [1.165, 1.54) is 17.7 Å². The molecule has 0 saturated carbocycles. The number of anilines is 1. The van der Waals surface area contributed by atoms with Crippen LogP contribution in [0.25, 0.3) is 0 Å². The first kappa shape index (κ1) is 17.7. The zero-order valence-electron chi connectivity index (χ0n) is 13.7. The molecular formula is C18H23ClN2O2. The fourth-order valence-electron chi connectivity index (χ4n) is 2.84. The minimum atomic E-state index is -0.667. The number of hydrogen-bond donors (Lipinski definition) is 0. The average Bonchev–Trinajstić information content (AvgIpc) is 2.49. The highest BCUT2D eigenvalue weighted by atomic mass is 35.5. The zero-order valence-corrected chi connectivity index (χ0v) is 14.5. The van der Waals surface area contributed by atoms with E-state index in [0.29, 0.717) is 23.0 Å². The Morgan fingerprint density at radius 2 is 1.91 bits per heavy atom. The van der Waals surface area contributed by atoms with Crippen LogP contribution in [0.5, 0.6) is 0 Å². The van der Waals surface area contributed by atoms with Crippen molar-refractivity contribution in [2.75, 3.05) is 4.90 Å². The second kappa shape index (κ2) is 8.25. The SMILES string of the molecule is CCCCCCCC1C(=O)N=C(C)N(c2cccc(Cl)c2)C1=O. The molecule has 1 aliphatic rings. The summed E-state index contributed by atoms with van der Waals surface area (Å²) in [4.78, 5) is 30.4. The number of carbonyl (C=O) groups excluding carboxylic acids is 2. The third-order valence-electron chi connectivity index (χ3n) is 4.07. The molecule has 1 aromatic carbocycles. The van der Waals surface area contributed by atoms with Crippen LogP contribution in [-0.4, -0.2) is 17.6 Å². The molecule has 124 valence electrons. The van der Waals surface area contributed by atoms with E-state index >= 15 is 0 Å². The molecule has 5 heteroatoms. The van der Waals surface area contributed by atoms with Crippen LogP contribution in [0.1, 0.15) is 52.4 Å². The van der Waals surface area contributed by atoms with E-state index in [4.69, 9.17) is 11.6 Å². The fraction of sp³-hybridized carbons (Fsp3) is 0.500. The summed E-state index contributed by atoms with van der Waals surface area (Å²) in [6, 6.07) is 7.06. The van der Waals surface area contributed by atoms with Crippen molar-refractivity contribution in [2.45, 2.75) is 52.4 Å². The molecule has 2 amide bonds. The second-order valence-corrected chi connectivity index (χ2v) is 6.34. The van der Waals surface area contributed by atoms with Gasteiger partial charge in [-0.2, -0.15) is 4.99 Å². The first-order valence-electron chi connectivity index (χ1n) is 8.23. The Balaban J connectivity index is 2.11. The summed E-state index contributed by atoms with van der Waals surface area (Å²) in [6.45, 7) is 3.84. The number of hydrogen-bond acceptors (Lipinski definition) is 2. The predicted molar refractivity (Wildman–Crippen MR) is 93.9 cm³/mol. The second-order valence-electron chi connectivity index (χ2n) is 5.91. The summed E-state index contributed by atoms with van der Waals surface area (Å²) >= 11 is 6.01. The van der Waals surface area contributed by atoms with Gasteiger partial charge in [0.05, 0.1) is 5.69 Å². The highest BCUT2D eigenvalue weighted by molar-refractivity contribution is 6.32. The van der Waals surface area contributed by atoms with Gasteiger partial charge in [-0.25, -0.2) is 0 Å². The van der Waals surface area contributed by atoms with E-state index in [1.54, 1.807) is 31.2 Å². The van der Waals surface area contributed by atoms with Crippen molar-refractivity contribution in [3.63, 3.8) is 0 Å². The standard InChI is InChI=1S/C18H23ClN2O2/c1-3-4-5-6-7-11-16-17(22)20-13(2)21(18(16)23)15-10-8-9-14(19)12-15/h8-10,12,16H,3-7,11H2,1-2H3. The maximum absolute atomic E-state index is 12.8. The first-order valence-corrected chi connectivity index (χ1v) is 8.61. The largest absolute Gasteiger partial charge is 0.273 e. The van der Waals surface area contributed by atoms with Crippen molar-refractivity contribution in [1.82, 2.24) is 0 Å². The molecule has 0 bridgehead atoms. The van der Waals surface area contributed by atoms with Crippen LogP contribution in [0.2, 0.25) is 5.02 Å². The van der Waals surface area contributed by atoms with Gasteiger partial charge in [-0.15, -0.1) is 0 Å². The van der Waals surface area contributed by atoms with Crippen LogP contribution in [-0.2, 0) is 9.59 Å². The molecule has 0 saturated heterocycles. The summed E-state index contributed by atoms with van der Waals surface area (Å²) in [5.74, 6) is -0.773. The van der Waals surface area contributed by atoms with Crippen LogP contribution >= 0.6 is 11.6 Å². The Bertz CT molecular complexity index is 613. The van der Waals surface area contributed by atoms with Gasteiger partial charge in [0.1, 0.15) is 11.8 Å². The summed E-state index contributed by atoms with van der Waals surface area (Å²) in [5, 5.41) is 0.552. The monoisotopic (exact) mass is 334 g/mol. The Labute approximate surface area is 142 Å². The predicted octanol–water partition coefficient (Wildman–Crippen LogP) is 4.61. The molecule has 23 heavy (non-hydrogen) atoms. The summed E-state index contributed by atoms with van der Waals surface area (Å²) < 4.78 is 0. The fourth-order valence-corrected chi connectivity index (χ4v) is 3.02. The Morgan fingerprint density at radius 3 is 2.61 bits per heavy atom. The lowest BCUT2D eigenvalue weighted by atomic mass is 9.96. The molecule has 0 spiro atoms. The highest BCUT2D eigenvalue weighted by Crippen LogP contribution is 2.27. The van der Waals surface area contributed by atoms with Crippen molar-refractivity contribution in [3.05, 3.63) is 29.3 Å². The van der Waals surface area contributed by atoms with Crippen molar-refractivity contribution in [3.8, 4) is 0 Å². The molecule has 0 fully saturated rings. The molecular weight excluding hydrogens is 312 g/mol. The van der Waals surface area contributed by atoms with Gasteiger partial charge in [-0.1, -0.05) is 56.7 Å². The lowest BCUT2D eigenvalue weighted by Gasteiger charge is -2.29. The molecule has 1 atom stereocenters. The van der Waals surface area contributed by atoms with Gasteiger partial charge in [-0.3, -0.25) is 14.5 Å². The zero-order chi connectivity index (χ0) is 16.8. The molecule has 0 aliphatic carbocycles. The number of amidine groups is 1. The van der Waals surface area contributed by atoms with E-state index in [2.05, 4.69) is 11.9 Å². The lowest BCUT2D eigenvalue weighted by Crippen LogP contribution is -2.46. The minimum absolute atomic E-state index is 0.194. The molecule has 1 aliphatic heterocycles.